The zero-order valence-corrected chi connectivity index (χ0v) is 10.9. The van der Waals surface area contributed by atoms with Crippen molar-refractivity contribution in [2.75, 3.05) is 5.32 Å². The van der Waals surface area contributed by atoms with Crippen LogP contribution in [0.4, 0.5) is 10.1 Å². The highest BCUT2D eigenvalue weighted by Crippen LogP contribution is 2.24. The van der Waals surface area contributed by atoms with Gasteiger partial charge in [0, 0.05) is 22.3 Å². The summed E-state index contributed by atoms with van der Waals surface area (Å²) in [4.78, 5) is 15.4. The third-order valence-electron chi connectivity index (χ3n) is 3.21. The van der Waals surface area contributed by atoms with Gasteiger partial charge in [-0.15, -0.1) is 0 Å². The molecule has 3 aromatic rings. The molecule has 0 saturated heterocycles. The number of nitrogens with one attached hydrogen (secondary N) is 2. The Morgan fingerprint density at radius 3 is 2.65 bits per heavy atom. The number of hydrogen-bond donors (Lipinski definition) is 2. The normalized spacial score (nSPS) is 10.7. The third kappa shape index (κ3) is 2.16. The Hall–Kier alpha value is -2.62. The van der Waals surface area contributed by atoms with E-state index in [0.29, 0.717) is 11.1 Å². The predicted molar refractivity (Wildman–Crippen MR) is 77.4 cm³/mol. The number of carbonyl (C=O) groups excluding carboxylic acids is 1. The monoisotopic (exact) mass is 268 g/mol. The lowest BCUT2D eigenvalue weighted by Gasteiger charge is -2.05. The standard InChI is InChI=1S/C16H13FN2O/c1-10-15(13-8-7-11(17)9-14(13)18-10)16(20)19-12-5-3-2-4-6-12/h2-9,18H,1H3,(H,19,20). The molecule has 0 aliphatic rings. The average Bonchev–Trinajstić information content (AvgIpc) is 2.74. The molecule has 1 heterocycles. The van der Waals surface area contributed by atoms with Gasteiger partial charge < -0.3 is 10.3 Å². The maximum absolute atomic E-state index is 13.2. The number of para-hydroxylation sites is 1. The van der Waals surface area contributed by atoms with E-state index in [0.717, 1.165) is 16.8 Å². The fourth-order valence-corrected chi connectivity index (χ4v) is 2.31. The summed E-state index contributed by atoms with van der Waals surface area (Å²) in [6.07, 6.45) is 0. The van der Waals surface area contributed by atoms with Gasteiger partial charge in [-0.2, -0.15) is 0 Å². The highest BCUT2D eigenvalue weighted by Gasteiger charge is 2.16. The summed E-state index contributed by atoms with van der Waals surface area (Å²) >= 11 is 0. The molecule has 0 radical (unpaired) electrons. The van der Waals surface area contributed by atoms with E-state index in [2.05, 4.69) is 10.3 Å². The third-order valence-corrected chi connectivity index (χ3v) is 3.21. The molecule has 3 rings (SSSR count). The van der Waals surface area contributed by atoms with Crippen molar-refractivity contribution in [2.24, 2.45) is 0 Å². The van der Waals surface area contributed by atoms with E-state index >= 15 is 0 Å². The predicted octanol–water partition coefficient (Wildman–Crippen LogP) is 3.87. The van der Waals surface area contributed by atoms with Crippen LogP contribution in [0, 0.1) is 12.7 Å². The van der Waals surface area contributed by atoms with Crippen LogP contribution in [0.3, 0.4) is 0 Å². The molecule has 0 aliphatic heterocycles. The second kappa shape index (κ2) is 4.81. The van der Waals surface area contributed by atoms with E-state index in [1.54, 1.807) is 13.0 Å². The number of hydrogen-bond acceptors (Lipinski definition) is 1. The number of halogens is 1. The molecule has 4 heteroatoms. The van der Waals surface area contributed by atoms with Crippen molar-refractivity contribution in [3.63, 3.8) is 0 Å². The van der Waals surface area contributed by atoms with Crippen LogP contribution in [0.25, 0.3) is 10.9 Å². The minimum absolute atomic E-state index is 0.202. The van der Waals surface area contributed by atoms with Crippen LogP contribution >= 0.6 is 0 Å². The Balaban J connectivity index is 2.01. The molecule has 0 atom stereocenters. The number of amides is 1. The number of H-pyrrole nitrogens is 1. The van der Waals surface area contributed by atoms with Gasteiger partial charge in [-0.1, -0.05) is 18.2 Å². The van der Waals surface area contributed by atoms with Gasteiger partial charge in [-0.3, -0.25) is 4.79 Å². The summed E-state index contributed by atoms with van der Waals surface area (Å²) in [5.41, 5.74) is 2.62. The number of aromatic nitrogens is 1. The summed E-state index contributed by atoms with van der Waals surface area (Å²) in [6.45, 7) is 1.80. The molecule has 0 aliphatic carbocycles. The summed E-state index contributed by atoms with van der Waals surface area (Å²) in [6, 6.07) is 13.6. The molecule has 2 N–H and O–H groups in total. The molecule has 2 aromatic carbocycles. The Labute approximate surface area is 115 Å². The van der Waals surface area contributed by atoms with Crippen LogP contribution in [0.15, 0.2) is 48.5 Å². The lowest BCUT2D eigenvalue weighted by atomic mass is 10.1. The molecule has 20 heavy (non-hydrogen) atoms. The number of aryl methyl sites for hydroxylation is 1. The fourth-order valence-electron chi connectivity index (χ4n) is 2.31. The first-order chi connectivity index (χ1) is 9.65. The number of benzene rings is 2. The highest BCUT2D eigenvalue weighted by molar-refractivity contribution is 6.13. The van der Waals surface area contributed by atoms with Crippen molar-refractivity contribution in [2.45, 2.75) is 6.92 Å². The Bertz CT molecular complexity index is 778. The lowest BCUT2D eigenvalue weighted by molar-refractivity contribution is 0.102. The van der Waals surface area contributed by atoms with Crippen molar-refractivity contribution >= 4 is 22.5 Å². The number of anilines is 1. The smallest absolute Gasteiger partial charge is 0.258 e. The minimum Gasteiger partial charge on any atom is -0.358 e. The first-order valence-electron chi connectivity index (χ1n) is 6.29. The van der Waals surface area contributed by atoms with Gasteiger partial charge in [-0.05, 0) is 37.3 Å². The van der Waals surface area contributed by atoms with Gasteiger partial charge in [0.2, 0.25) is 0 Å². The minimum atomic E-state index is -0.325. The van der Waals surface area contributed by atoms with Gasteiger partial charge >= 0.3 is 0 Å². The summed E-state index contributed by atoms with van der Waals surface area (Å²) in [5.74, 6) is -0.527. The molecular formula is C16H13FN2O. The molecule has 1 amide bonds. The van der Waals surface area contributed by atoms with Crippen LogP contribution < -0.4 is 5.32 Å². The number of rotatable bonds is 2. The topological polar surface area (TPSA) is 44.9 Å². The molecule has 0 spiro atoms. The van der Waals surface area contributed by atoms with E-state index in [1.165, 1.54) is 12.1 Å². The van der Waals surface area contributed by atoms with E-state index in [4.69, 9.17) is 0 Å². The van der Waals surface area contributed by atoms with Crippen molar-refractivity contribution in [1.29, 1.82) is 0 Å². The first kappa shape index (κ1) is 12.4. The molecule has 0 unspecified atom stereocenters. The first-order valence-corrected chi connectivity index (χ1v) is 6.29. The van der Waals surface area contributed by atoms with Crippen LogP contribution in [0.1, 0.15) is 16.1 Å². The molecular weight excluding hydrogens is 255 g/mol. The average molecular weight is 268 g/mol. The second-order valence-corrected chi connectivity index (χ2v) is 4.64. The van der Waals surface area contributed by atoms with Gasteiger partial charge in [0.15, 0.2) is 0 Å². The summed E-state index contributed by atoms with van der Waals surface area (Å²) < 4.78 is 13.2. The SMILES string of the molecule is Cc1[nH]c2cc(F)ccc2c1C(=O)Nc1ccccc1. The molecule has 0 saturated carbocycles. The zero-order chi connectivity index (χ0) is 14.1. The molecule has 100 valence electrons. The second-order valence-electron chi connectivity index (χ2n) is 4.64. The van der Waals surface area contributed by atoms with Crippen LogP contribution in [0.2, 0.25) is 0 Å². The summed E-state index contributed by atoms with van der Waals surface area (Å²) in [7, 11) is 0. The van der Waals surface area contributed by atoms with E-state index in [9.17, 15) is 9.18 Å². The Morgan fingerprint density at radius 2 is 1.90 bits per heavy atom. The Morgan fingerprint density at radius 1 is 1.15 bits per heavy atom. The van der Waals surface area contributed by atoms with Gasteiger partial charge in [0.25, 0.3) is 5.91 Å². The van der Waals surface area contributed by atoms with Crippen molar-refractivity contribution < 1.29 is 9.18 Å². The van der Waals surface area contributed by atoms with Crippen LogP contribution in [-0.2, 0) is 0 Å². The van der Waals surface area contributed by atoms with Crippen molar-refractivity contribution in [3.05, 3.63) is 65.6 Å². The molecule has 1 aromatic heterocycles. The number of carbonyl (C=O) groups is 1. The number of fused-ring (bicyclic) bond motifs is 1. The van der Waals surface area contributed by atoms with E-state index < -0.39 is 0 Å². The van der Waals surface area contributed by atoms with E-state index in [1.807, 2.05) is 30.3 Å². The zero-order valence-electron chi connectivity index (χ0n) is 10.9. The lowest BCUT2D eigenvalue weighted by Crippen LogP contribution is -2.12. The van der Waals surface area contributed by atoms with Crippen LogP contribution in [0.5, 0.6) is 0 Å². The van der Waals surface area contributed by atoms with Gasteiger partial charge in [-0.25, -0.2) is 4.39 Å². The molecule has 3 nitrogen and oxygen atoms in total. The molecule has 0 bridgehead atoms. The fraction of sp³-hybridized carbons (Fsp3) is 0.0625. The highest BCUT2D eigenvalue weighted by atomic mass is 19.1. The number of aromatic amines is 1. The maximum Gasteiger partial charge on any atom is 0.258 e. The van der Waals surface area contributed by atoms with E-state index in [-0.39, 0.29) is 11.7 Å². The van der Waals surface area contributed by atoms with Crippen molar-refractivity contribution in [1.82, 2.24) is 4.98 Å². The largest absolute Gasteiger partial charge is 0.358 e. The summed E-state index contributed by atoms with van der Waals surface area (Å²) in [5, 5.41) is 3.56. The van der Waals surface area contributed by atoms with Gasteiger partial charge in [0.1, 0.15) is 5.82 Å². The van der Waals surface area contributed by atoms with Crippen molar-refractivity contribution in [3.8, 4) is 0 Å². The Kier molecular flexibility index (Phi) is 2.99. The quantitative estimate of drug-likeness (QED) is 0.728. The maximum atomic E-state index is 13.2. The van der Waals surface area contributed by atoms with Gasteiger partial charge in [0.05, 0.1) is 5.56 Å². The molecule has 0 fully saturated rings. The van der Waals surface area contributed by atoms with Crippen LogP contribution in [-0.4, -0.2) is 10.9 Å².